The van der Waals surface area contributed by atoms with E-state index in [1.54, 1.807) is 0 Å². The van der Waals surface area contributed by atoms with E-state index in [2.05, 4.69) is 32.0 Å². The first kappa shape index (κ1) is 12.6. The first-order valence-electron chi connectivity index (χ1n) is 7.27. The van der Waals surface area contributed by atoms with Gasteiger partial charge in [0.15, 0.2) is 5.72 Å². The molecule has 3 heteroatoms. The van der Waals surface area contributed by atoms with Gasteiger partial charge in [-0.25, -0.2) is 0 Å². The molecule has 2 aromatic carbocycles. The molecule has 2 aromatic rings. The average molecular weight is 279 g/mol. The number of carbonyl (C=O) groups excluding carboxylic acids is 1. The molecule has 1 saturated heterocycles. The molecular formula is C18H17NO2. The van der Waals surface area contributed by atoms with Gasteiger partial charge in [-0.3, -0.25) is 9.69 Å². The van der Waals surface area contributed by atoms with Crippen molar-refractivity contribution in [2.45, 2.75) is 19.6 Å². The molecule has 1 fully saturated rings. The third kappa shape index (κ3) is 1.55. The van der Waals surface area contributed by atoms with E-state index >= 15 is 0 Å². The van der Waals surface area contributed by atoms with E-state index in [0.29, 0.717) is 13.2 Å². The third-order valence-electron chi connectivity index (χ3n) is 4.39. The molecule has 0 radical (unpaired) electrons. The lowest BCUT2D eigenvalue weighted by molar-refractivity contribution is -0.0304. The van der Waals surface area contributed by atoms with Crippen molar-refractivity contribution in [3.05, 3.63) is 70.3 Å². The Morgan fingerprint density at radius 3 is 2.57 bits per heavy atom. The van der Waals surface area contributed by atoms with Crippen LogP contribution in [-0.2, 0) is 10.5 Å². The topological polar surface area (TPSA) is 29.5 Å². The summed E-state index contributed by atoms with van der Waals surface area (Å²) >= 11 is 0. The van der Waals surface area contributed by atoms with Crippen LogP contribution in [0.15, 0.2) is 42.5 Å². The second-order valence-electron chi connectivity index (χ2n) is 5.87. The van der Waals surface area contributed by atoms with Gasteiger partial charge in [0, 0.05) is 23.2 Å². The van der Waals surface area contributed by atoms with Gasteiger partial charge in [-0.15, -0.1) is 0 Å². The molecule has 0 aromatic heterocycles. The molecule has 0 saturated carbocycles. The zero-order chi connectivity index (χ0) is 14.6. The summed E-state index contributed by atoms with van der Waals surface area (Å²) in [5.41, 5.74) is 4.42. The molecule has 21 heavy (non-hydrogen) atoms. The SMILES string of the molecule is Cc1cc(C)cc(C23OCCN2C(=O)c2ccccc23)c1. The summed E-state index contributed by atoms with van der Waals surface area (Å²) in [7, 11) is 0. The first-order valence-corrected chi connectivity index (χ1v) is 7.27. The van der Waals surface area contributed by atoms with Crippen molar-refractivity contribution in [2.24, 2.45) is 0 Å². The number of nitrogens with zero attached hydrogens (tertiary/aromatic N) is 1. The number of aryl methyl sites for hydroxylation is 2. The molecule has 0 aliphatic carbocycles. The van der Waals surface area contributed by atoms with Crippen LogP contribution >= 0.6 is 0 Å². The highest BCUT2D eigenvalue weighted by Crippen LogP contribution is 2.48. The summed E-state index contributed by atoms with van der Waals surface area (Å²) in [6.45, 7) is 5.37. The van der Waals surface area contributed by atoms with Crippen molar-refractivity contribution in [3.63, 3.8) is 0 Å². The maximum Gasteiger partial charge on any atom is 0.257 e. The van der Waals surface area contributed by atoms with E-state index in [1.807, 2.05) is 29.2 Å². The molecule has 2 aliphatic heterocycles. The summed E-state index contributed by atoms with van der Waals surface area (Å²) in [4.78, 5) is 14.5. The fourth-order valence-electron chi connectivity index (χ4n) is 3.66. The predicted molar refractivity (Wildman–Crippen MR) is 80.1 cm³/mol. The van der Waals surface area contributed by atoms with Crippen LogP contribution in [0.3, 0.4) is 0 Å². The molecule has 3 nitrogen and oxygen atoms in total. The van der Waals surface area contributed by atoms with Gasteiger partial charge in [0.05, 0.1) is 6.61 Å². The lowest BCUT2D eigenvalue weighted by Crippen LogP contribution is -2.40. The van der Waals surface area contributed by atoms with Crippen molar-refractivity contribution in [1.29, 1.82) is 0 Å². The number of fused-ring (bicyclic) bond motifs is 3. The molecule has 0 N–H and O–H groups in total. The molecule has 2 aliphatic rings. The number of amides is 1. The van der Waals surface area contributed by atoms with Crippen molar-refractivity contribution in [3.8, 4) is 0 Å². The van der Waals surface area contributed by atoms with Crippen LogP contribution in [0.2, 0.25) is 0 Å². The van der Waals surface area contributed by atoms with Crippen LogP contribution in [0.5, 0.6) is 0 Å². The number of rotatable bonds is 1. The van der Waals surface area contributed by atoms with Crippen LogP contribution in [0.4, 0.5) is 0 Å². The Kier molecular flexibility index (Phi) is 2.51. The average Bonchev–Trinajstić information content (AvgIpc) is 2.99. The molecule has 2 heterocycles. The highest BCUT2D eigenvalue weighted by molar-refractivity contribution is 6.00. The summed E-state index contributed by atoms with van der Waals surface area (Å²) in [6.07, 6.45) is 0. The molecule has 0 spiro atoms. The van der Waals surface area contributed by atoms with E-state index in [1.165, 1.54) is 11.1 Å². The molecule has 4 rings (SSSR count). The third-order valence-corrected chi connectivity index (χ3v) is 4.39. The Labute approximate surface area is 124 Å². The second kappa shape index (κ2) is 4.18. The van der Waals surface area contributed by atoms with E-state index < -0.39 is 5.72 Å². The molecule has 106 valence electrons. The smallest absolute Gasteiger partial charge is 0.257 e. The standard InChI is InChI=1S/C18H17NO2/c1-12-9-13(2)11-14(10-12)18-16-6-4-3-5-15(16)17(20)19(18)7-8-21-18/h3-6,9-11H,7-8H2,1-2H3. The number of benzene rings is 2. The van der Waals surface area contributed by atoms with E-state index in [0.717, 1.165) is 16.7 Å². The highest BCUT2D eigenvalue weighted by atomic mass is 16.5. The molecular weight excluding hydrogens is 262 g/mol. The fourth-order valence-corrected chi connectivity index (χ4v) is 3.66. The zero-order valence-electron chi connectivity index (χ0n) is 12.2. The van der Waals surface area contributed by atoms with Gasteiger partial charge in [-0.05, 0) is 19.9 Å². The minimum absolute atomic E-state index is 0.0715. The van der Waals surface area contributed by atoms with E-state index in [4.69, 9.17) is 4.74 Å². The van der Waals surface area contributed by atoms with Gasteiger partial charge >= 0.3 is 0 Å². The number of hydrogen-bond acceptors (Lipinski definition) is 2. The lowest BCUT2D eigenvalue weighted by Gasteiger charge is -2.32. The van der Waals surface area contributed by atoms with E-state index in [-0.39, 0.29) is 5.91 Å². The highest BCUT2D eigenvalue weighted by Gasteiger charge is 2.55. The Hall–Kier alpha value is -2.13. The van der Waals surface area contributed by atoms with Crippen molar-refractivity contribution >= 4 is 5.91 Å². The summed E-state index contributed by atoms with van der Waals surface area (Å²) in [5.74, 6) is 0.0715. The van der Waals surface area contributed by atoms with Crippen LogP contribution in [0.25, 0.3) is 0 Å². The first-order chi connectivity index (χ1) is 10.1. The molecule has 1 amide bonds. The number of hydrogen-bond donors (Lipinski definition) is 0. The maximum absolute atomic E-state index is 12.7. The quantitative estimate of drug-likeness (QED) is 0.803. The Morgan fingerprint density at radius 2 is 1.81 bits per heavy atom. The Balaban J connectivity index is 2.02. The van der Waals surface area contributed by atoms with Gasteiger partial charge in [0.25, 0.3) is 5.91 Å². The zero-order valence-corrected chi connectivity index (χ0v) is 12.2. The maximum atomic E-state index is 12.7. The lowest BCUT2D eigenvalue weighted by atomic mass is 9.92. The van der Waals surface area contributed by atoms with Crippen LogP contribution < -0.4 is 0 Å². The minimum atomic E-state index is -0.732. The van der Waals surface area contributed by atoms with E-state index in [9.17, 15) is 4.79 Å². The molecule has 1 atom stereocenters. The normalized spacial score (nSPS) is 23.3. The van der Waals surface area contributed by atoms with Gasteiger partial charge in [0.1, 0.15) is 0 Å². The molecule has 1 unspecified atom stereocenters. The predicted octanol–water partition coefficient (Wildman–Crippen LogP) is 2.99. The van der Waals surface area contributed by atoms with Crippen LogP contribution in [0, 0.1) is 13.8 Å². The van der Waals surface area contributed by atoms with Crippen LogP contribution in [-0.4, -0.2) is 24.0 Å². The summed E-state index contributed by atoms with van der Waals surface area (Å²) < 4.78 is 6.16. The fraction of sp³-hybridized carbons (Fsp3) is 0.278. The monoisotopic (exact) mass is 279 g/mol. The second-order valence-corrected chi connectivity index (χ2v) is 5.87. The number of carbonyl (C=O) groups is 1. The van der Waals surface area contributed by atoms with Gasteiger partial charge in [-0.1, -0.05) is 47.5 Å². The number of ether oxygens (including phenoxy) is 1. The van der Waals surface area contributed by atoms with Crippen LogP contribution in [0.1, 0.15) is 32.6 Å². The van der Waals surface area contributed by atoms with Gasteiger partial charge in [-0.2, -0.15) is 0 Å². The van der Waals surface area contributed by atoms with Crippen molar-refractivity contribution in [2.75, 3.05) is 13.2 Å². The Bertz CT molecular complexity index is 732. The largest absolute Gasteiger partial charge is 0.345 e. The summed E-state index contributed by atoms with van der Waals surface area (Å²) in [5, 5.41) is 0. The Morgan fingerprint density at radius 1 is 1.10 bits per heavy atom. The van der Waals surface area contributed by atoms with Crippen molar-refractivity contribution < 1.29 is 9.53 Å². The van der Waals surface area contributed by atoms with Gasteiger partial charge < -0.3 is 4.74 Å². The van der Waals surface area contributed by atoms with Crippen molar-refractivity contribution in [1.82, 2.24) is 4.90 Å². The minimum Gasteiger partial charge on any atom is -0.345 e. The molecule has 0 bridgehead atoms. The summed E-state index contributed by atoms with van der Waals surface area (Å²) in [6, 6.07) is 14.2. The van der Waals surface area contributed by atoms with Gasteiger partial charge in [0.2, 0.25) is 0 Å².